The van der Waals surface area contributed by atoms with Crippen molar-refractivity contribution >= 4 is 11.8 Å². The molecule has 2 fully saturated rings. The molecule has 0 aliphatic carbocycles. The quantitative estimate of drug-likeness (QED) is 0.823. The van der Waals surface area contributed by atoms with Crippen LogP contribution in [-0.2, 0) is 4.74 Å². The first-order valence-electron chi connectivity index (χ1n) is 6.77. The lowest BCUT2D eigenvalue weighted by Gasteiger charge is -2.49. The van der Waals surface area contributed by atoms with Gasteiger partial charge in [0, 0.05) is 18.3 Å². The normalized spacial score (nSPS) is 35.8. The number of thioether (sulfide) groups is 1. The lowest BCUT2D eigenvalue weighted by molar-refractivity contribution is -0.102. The Morgan fingerprint density at radius 3 is 2.88 bits per heavy atom. The Labute approximate surface area is 104 Å². The van der Waals surface area contributed by atoms with Gasteiger partial charge in [0.15, 0.2) is 0 Å². The van der Waals surface area contributed by atoms with Crippen LogP contribution in [0, 0.1) is 5.92 Å². The molecule has 2 atom stereocenters. The number of hydrogen-bond acceptors (Lipinski definition) is 3. The Hall–Kier alpha value is 0.270. The van der Waals surface area contributed by atoms with E-state index in [9.17, 15) is 0 Å². The van der Waals surface area contributed by atoms with Crippen LogP contribution in [0.25, 0.3) is 0 Å². The fraction of sp³-hybridized carbons (Fsp3) is 1.00. The van der Waals surface area contributed by atoms with Gasteiger partial charge in [-0.05, 0) is 24.5 Å². The summed E-state index contributed by atoms with van der Waals surface area (Å²) in [4.78, 5) is 0. The molecule has 0 amide bonds. The zero-order valence-corrected chi connectivity index (χ0v) is 11.4. The van der Waals surface area contributed by atoms with Crippen LogP contribution in [0.15, 0.2) is 0 Å². The molecule has 1 spiro atoms. The van der Waals surface area contributed by atoms with Crippen LogP contribution < -0.4 is 5.32 Å². The first-order valence-corrected chi connectivity index (χ1v) is 7.93. The summed E-state index contributed by atoms with van der Waals surface area (Å²) in [7, 11) is 0. The van der Waals surface area contributed by atoms with Gasteiger partial charge in [-0.2, -0.15) is 11.8 Å². The number of nitrogens with one attached hydrogen (secondary N) is 1. The molecule has 2 unspecified atom stereocenters. The maximum absolute atomic E-state index is 6.22. The van der Waals surface area contributed by atoms with Crippen LogP contribution in [0.1, 0.15) is 39.5 Å². The van der Waals surface area contributed by atoms with Crippen molar-refractivity contribution in [3.05, 3.63) is 0 Å². The second kappa shape index (κ2) is 5.74. The van der Waals surface area contributed by atoms with E-state index in [1.54, 1.807) is 0 Å². The van der Waals surface area contributed by atoms with Crippen molar-refractivity contribution in [1.29, 1.82) is 0 Å². The molecule has 16 heavy (non-hydrogen) atoms. The SMILES string of the molecule is CCC(CC)C1NCCOC12CCCSC2. The van der Waals surface area contributed by atoms with Crippen LogP contribution in [0.2, 0.25) is 0 Å². The van der Waals surface area contributed by atoms with Crippen molar-refractivity contribution in [3.63, 3.8) is 0 Å². The van der Waals surface area contributed by atoms with Crippen LogP contribution in [0.5, 0.6) is 0 Å². The maximum Gasteiger partial charge on any atom is 0.0928 e. The smallest absolute Gasteiger partial charge is 0.0928 e. The van der Waals surface area contributed by atoms with Crippen molar-refractivity contribution in [3.8, 4) is 0 Å². The van der Waals surface area contributed by atoms with Crippen LogP contribution in [0.3, 0.4) is 0 Å². The third kappa shape index (κ3) is 2.41. The monoisotopic (exact) mass is 243 g/mol. The molecular weight excluding hydrogens is 218 g/mol. The highest BCUT2D eigenvalue weighted by molar-refractivity contribution is 7.99. The van der Waals surface area contributed by atoms with Gasteiger partial charge in [0.1, 0.15) is 0 Å². The zero-order valence-electron chi connectivity index (χ0n) is 10.6. The number of morpholine rings is 1. The van der Waals surface area contributed by atoms with E-state index >= 15 is 0 Å². The first-order chi connectivity index (χ1) is 7.82. The second-order valence-corrected chi connectivity index (χ2v) is 6.18. The van der Waals surface area contributed by atoms with Gasteiger partial charge in [-0.1, -0.05) is 26.7 Å². The highest BCUT2D eigenvalue weighted by Gasteiger charge is 2.45. The Morgan fingerprint density at radius 2 is 2.25 bits per heavy atom. The average molecular weight is 243 g/mol. The maximum atomic E-state index is 6.22. The van der Waals surface area contributed by atoms with Crippen molar-refractivity contribution in [2.24, 2.45) is 5.92 Å². The molecule has 0 saturated carbocycles. The van der Waals surface area contributed by atoms with Gasteiger partial charge in [0.05, 0.1) is 12.2 Å². The average Bonchev–Trinajstić information content (AvgIpc) is 2.34. The first kappa shape index (κ1) is 12.7. The van der Waals surface area contributed by atoms with Gasteiger partial charge in [-0.3, -0.25) is 0 Å². The van der Waals surface area contributed by atoms with Gasteiger partial charge < -0.3 is 10.1 Å². The summed E-state index contributed by atoms with van der Waals surface area (Å²) < 4.78 is 6.22. The molecule has 2 nitrogen and oxygen atoms in total. The van der Waals surface area contributed by atoms with Crippen LogP contribution in [-0.4, -0.2) is 36.3 Å². The molecule has 2 heterocycles. The number of rotatable bonds is 3. The minimum Gasteiger partial charge on any atom is -0.371 e. The number of hydrogen-bond donors (Lipinski definition) is 1. The van der Waals surface area contributed by atoms with E-state index < -0.39 is 0 Å². The molecule has 2 saturated heterocycles. The van der Waals surface area contributed by atoms with Gasteiger partial charge in [0.25, 0.3) is 0 Å². The summed E-state index contributed by atoms with van der Waals surface area (Å²) in [6, 6.07) is 0.587. The summed E-state index contributed by atoms with van der Waals surface area (Å²) in [5, 5.41) is 3.74. The van der Waals surface area contributed by atoms with E-state index in [1.165, 1.54) is 37.2 Å². The standard InChI is InChI=1S/C13H25NOS/c1-3-11(4-2)12-13(15-8-7-14-12)6-5-9-16-10-13/h11-12,14H,3-10H2,1-2H3. The topological polar surface area (TPSA) is 21.3 Å². The van der Waals surface area contributed by atoms with E-state index in [2.05, 4.69) is 30.9 Å². The third-order valence-corrected chi connectivity index (χ3v) is 5.45. The lowest BCUT2D eigenvalue weighted by Crippen LogP contribution is -2.63. The van der Waals surface area contributed by atoms with E-state index in [0.29, 0.717) is 6.04 Å². The molecule has 2 aliphatic rings. The predicted octanol–water partition coefficient (Wildman–Crippen LogP) is 2.68. The zero-order chi connectivity index (χ0) is 11.4. The molecule has 2 rings (SSSR count). The van der Waals surface area contributed by atoms with E-state index in [0.717, 1.165) is 19.1 Å². The highest BCUT2D eigenvalue weighted by atomic mass is 32.2. The van der Waals surface area contributed by atoms with Gasteiger partial charge >= 0.3 is 0 Å². The van der Waals surface area contributed by atoms with Gasteiger partial charge in [-0.15, -0.1) is 0 Å². The third-order valence-electron chi connectivity index (χ3n) is 4.18. The summed E-state index contributed by atoms with van der Waals surface area (Å²) in [6.07, 6.45) is 5.12. The summed E-state index contributed by atoms with van der Waals surface area (Å²) in [5.41, 5.74) is 0.151. The molecule has 2 aliphatic heterocycles. The fourth-order valence-electron chi connectivity index (χ4n) is 3.25. The number of ether oxygens (including phenoxy) is 1. The molecule has 1 N–H and O–H groups in total. The lowest BCUT2D eigenvalue weighted by atomic mass is 9.79. The predicted molar refractivity (Wildman–Crippen MR) is 71.1 cm³/mol. The summed E-state index contributed by atoms with van der Waals surface area (Å²) in [6.45, 7) is 6.56. The highest BCUT2D eigenvalue weighted by Crippen LogP contribution is 2.38. The van der Waals surface area contributed by atoms with Crippen LogP contribution in [0.4, 0.5) is 0 Å². The second-order valence-electron chi connectivity index (χ2n) is 5.08. The Balaban J connectivity index is 2.11. The van der Waals surface area contributed by atoms with Crippen molar-refractivity contribution in [2.75, 3.05) is 24.7 Å². The summed E-state index contributed by atoms with van der Waals surface area (Å²) in [5.74, 6) is 3.29. The molecular formula is C13H25NOS. The molecule has 94 valence electrons. The van der Waals surface area contributed by atoms with Gasteiger partial charge in [0.2, 0.25) is 0 Å². The van der Waals surface area contributed by atoms with Crippen molar-refractivity contribution in [1.82, 2.24) is 5.32 Å². The fourth-order valence-corrected chi connectivity index (χ4v) is 4.50. The van der Waals surface area contributed by atoms with E-state index in [-0.39, 0.29) is 5.60 Å². The molecule has 0 bridgehead atoms. The van der Waals surface area contributed by atoms with Crippen LogP contribution >= 0.6 is 11.8 Å². The minimum atomic E-state index is 0.151. The van der Waals surface area contributed by atoms with Crippen molar-refractivity contribution in [2.45, 2.75) is 51.2 Å². The Bertz CT molecular complexity index is 204. The van der Waals surface area contributed by atoms with Gasteiger partial charge in [-0.25, -0.2) is 0 Å². The Morgan fingerprint density at radius 1 is 1.44 bits per heavy atom. The molecule has 3 heteroatoms. The minimum absolute atomic E-state index is 0.151. The Kier molecular flexibility index (Phi) is 4.57. The summed E-state index contributed by atoms with van der Waals surface area (Å²) >= 11 is 2.08. The molecule has 0 aromatic heterocycles. The molecule has 0 aromatic rings. The van der Waals surface area contributed by atoms with E-state index in [4.69, 9.17) is 4.74 Å². The largest absolute Gasteiger partial charge is 0.371 e. The molecule has 0 aromatic carbocycles. The molecule has 0 radical (unpaired) electrons. The van der Waals surface area contributed by atoms with Crippen molar-refractivity contribution < 1.29 is 4.74 Å². The van der Waals surface area contributed by atoms with E-state index in [1.807, 2.05) is 0 Å².